The van der Waals surface area contributed by atoms with Crippen LogP contribution in [0.2, 0.25) is 0 Å². The number of hydrogen-bond donors (Lipinski definition) is 2. The highest BCUT2D eigenvalue weighted by Gasteiger charge is 2.35. The van der Waals surface area contributed by atoms with Gasteiger partial charge in [-0.3, -0.25) is 14.3 Å². The molecule has 3 heterocycles. The van der Waals surface area contributed by atoms with Gasteiger partial charge in [-0.2, -0.15) is 18.3 Å². The molecule has 0 bridgehead atoms. The first-order valence-electron chi connectivity index (χ1n) is 9.83. The fourth-order valence-electron chi connectivity index (χ4n) is 3.42. The number of anilines is 1. The summed E-state index contributed by atoms with van der Waals surface area (Å²) in [5, 5.41) is 7.02. The normalized spacial score (nSPS) is 11.6. The molecule has 3 N–H and O–H groups in total. The molecule has 4 rings (SSSR count). The summed E-state index contributed by atoms with van der Waals surface area (Å²) in [5.74, 6) is -1.31. The first kappa shape index (κ1) is 22.5. The number of pyridine rings is 1. The molecule has 0 spiro atoms. The molecule has 0 unspecified atom stereocenters. The number of aryl methyl sites for hydroxylation is 2. The highest BCUT2D eigenvalue weighted by Crippen LogP contribution is 2.43. The Hall–Kier alpha value is -3.73. The monoisotopic (exact) mass is 473 g/mol. The van der Waals surface area contributed by atoms with E-state index in [0.717, 1.165) is 11.8 Å². The number of nitrogens with zero attached hydrogens (tertiary/aromatic N) is 3. The van der Waals surface area contributed by atoms with Gasteiger partial charge in [0.2, 0.25) is 5.91 Å². The van der Waals surface area contributed by atoms with Crippen molar-refractivity contribution in [2.75, 3.05) is 5.32 Å². The number of carbonyl (C=O) groups excluding carboxylic acids is 2. The number of rotatable bonds is 6. The number of fused-ring (bicyclic) bond motifs is 1. The number of hydrogen-bond acceptors (Lipinski definition) is 5. The van der Waals surface area contributed by atoms with E-state index in [4.69, 9.17) is 5.73 Å². The topological polar surface area (TPSA) is 103 Å². The van der Waals surface area contributed by atoms with Crippen LogP contribution in [0.3, 0.4) is 0 Å². The molecule has 7 nitrogen and oxygen atoms in total. The van der Waals surface area contributed by atoms with Gasteiger partial charge in [0.25, 0.3) is 5.91 Å². The van der Waals surface area contributed by atoms with Crippen LogP contribution in [0, 0.1) is 6.92 Å². The van der Waals surface area contributed by atoms with E-state index >= 15 is 0 Å². The largest absolute Gasteiger partial charge is 0.433 e. The van der Waals surface area contributed by atoms with Crippen LogP contribution >= 0.6 is 11.3 Å². The third-order valence-electron chi connectivity index (χ3n) is 5.01. The SMILES string of the molecule is Cc1ccnn1CCC(=O)Nc1c(C(N)=O)sc2nc(C(F)(F)F)cc(-c3ccccc3)c12. The van der Waals surface area contributed by atoms with Gasteiger partial charge in [-0.25, -0.2) is 4.98 Å². The van der Waals surface area contributed by atoms with Crippen molar-refractivity contribution in [1.29, 1.82) is 0 Å². The Kier molecular flexibility index (Phi) is 5.90. The van der Waals surface area contributed by atoms with Gasteiger partial charge >= 0.3 is 6.18 Å². The molecule has 1 aromatic carbocycles. The predicted octanol–water partition coefficient (Wildman–Crippen LogP) is 4.61. The van der Waals surface area contributed by atoms with E-state index in [1.807, 2.05) is 6.92 Å². The fraction of sp³-hybridized carbons (Fsp3) is 0.182. The van der Waals surface area contributed by atoms with Gasteiger partial charge in [-0.1, -0.05) is 30.3 Å². The molecule has 33 heavy (non-hydrogen) atoms. The average molecular weight is 473 g/mol. The van der Waals surface area contributed by atoms with Gasteiger partial charge in [-0.15, -0.1) is 11.3 Å². The number of benzene rings is 1. The van der Waals surface area contributed by atoms with E-state index < -0.39 is 23.7 Å². The van der Waals surface area contributed by atoms with Crippen LogP contribution in [0.4, 0.5) is 18.9 Å². The lowest BCUT2D eigenvalue weighted by atomic mass is 10.0. The summed E-state index contributed by atoms with van der Waals surface area (Å²) in [5.41, 5.74) is 6.00. The van der Waals surface area contributed by atoms with Gasteiger partial charge in [0, 0.05) is 30.2 Å². The van der Waals surface area contributed by atoms with Crippen molar-refractivity contribution in [3.8, 4) is 11.1 Å². The molecule has 0 radical (unpaired) electrons. The number of aromatic nitrogens is 3. The lowest BCUT2D eigenvalue weighted by Crippen LogP contribution is -2.18. The van der Waals surface area contributed by atoms with Gasteiger partial charge < -0.3 is 11.1 Å². The van der Waals surface area contributed by atoms with Crippen LogP contribution in [0.1, 0.15) is 27.5 Å². The van der Waals surface area contributed by atoms with Gasteiger partial charge in [0.1, 0.15) is 15.4 Å². The minimum Gasteiger partial charge on any atom is -0.365 e. The van der Waals surface area contributed by atoms with Crippen LogP contribution in [-0.4, -0.2) is 26.6 Å². The summed E-state index contributed by atoms with van der Waals surface area (Å²) in [6.07, 6.45) is -3.05. The second-order valence-corrected chi connectivity index (χ2v) is 8.26. The Morgan fingerprint density at radius 3 is 2.52 bits per heavy atom. The molecule has 0 aliphatic rings. The highest BCUT2D eigenvalue weighted by molar-refractivity contribution is 7.21. The summed E-state index contributed by atoms with van der Waals surface area (Å²) in [6, 6.07) is 11.1. The minimum absolute atomic E-state index is 0.0345. The smallest absolute Gasteiger partial charge is 0.365 e. The maximum Gasteiger partial charge on any atom is 0.433 e. The van der Waals surface area contributed by atoms with Crippen LogP contribution in [0.5, 0.6) is 0 Å². The number of halogens is 3. The molecule has 0 aliphatic carbocycles. The maximum absolute atomic E-state index is 13.5. The Labute approximate surface area is 190 Å². The first-order chi connectivity index (χ1) is 15.6. The van der Waals surface area contributed by atoms with E-state index in [0.29, 0.717) is 23.4 Å². The number of amides is 2. The van der Waals surface area contributed by atoms with Crippen molar-refractivity contribution in [3.05, 3.63) is 64.9 Å². The van der Waals surface area contributed by atoms with Crippen LogP contribution in [-0.2, 0) is 17.5 Å². The van der Waals surface area contributed by atoms with E-state index in [1.165, 1.54) is 0 Å². The standard InChI is InChI=1S/C22H18F3N5O2S/c1-12-7-9-27-30(12)10-8-16(31)29-18-17-14(13-5-3-2-4-6-13)11-15(22(23,24)25)28-21(17)33-19(18)20(26)32/h2-7,9,11H,8,10H2,1H3,(H2,26,32)(H,29,31). The quantitative estimate of drug-likeness (QED) is 0.427. The second-order valence-electron chi connectivity index (χ2n) is 7.26. The Balaban J connectivity index is 1.82. The fourth-order valence-corrected chi connectivity index (χ4v) is 4.43. The van der Waals surface area contributed by atoms with Crippen LogP contribution < -0.4 is 11.1 Å². The van der Waals surface area contributed by atoms with Gasteiger partial charge in [0.15, 0.2) is 0 Å². The van der Waals surface area contributed by atoms with Crippen molar-refractivity contribution in [2.45, 2.75) is 26.1 Å². The lowest BCUT2D eigenvalue weighted by molar-refractivity contribution is -0.140. The zero-order valence-corrected chi connectivity index (χ0v) is 18.1. The number of nitrogens with one attached hydrogen (secondary N) is 1. The van der Waals surface area contributed by atoms with E-state index in [2.05, 4.69) is 15.4 Å². The lowest BCUT2D eigenvalue weighted by Gasteiger charge is -2.12. The molecule has 0 aliphatic heterocycles. The molecule has 170 valence electrons. The van der Waals surface area contributed by atoms with Gasteiger partial charge in [0.05, 0.1) is 5.69 Å². The summed E-state index contributed by atoms with van der Waals surface area (Å²) in [6.45, 7) is 2.14. The third-order valence-corrected chi connectivity index (χ3v) is 6.10. The number of alkyl halides is 3. The van der Waals surface area contributed by atoms with Crippen LogP contribution in [0.15, 0.2) is 48.7 Å². The molecule has 4 aromatic rings. The van der Waals surface area contributed by atoms with Crippen molar-refractivity contribution >= 4 is 39.1 Å². The molecule has 11 heteroatoms. The summed E-state index contributed by atoms with van der Waals surface area (Å²) >= 11 is 0.713. The van der Waals surface area contributed by atoms with Crippen molar-refractivity contribution in [1.82, 2.24) is 14.8 Å². The number of thiophene rings is 1. The molecule has 0 saturated heterocycles. The summed E-state index contributed by atoms with van der Waals surface area (Å²) < 4.78 is 42.2. The van der Waals surface area contributed by atoms with Crippen molar-refractivity contribution < 1.29 is 22.8 Å². The predicted molar refractivity (Wildman–Crippen MR) is 119 cm³/mol. The molecule has 3 aromatic heterocycles. The molecule has 0 fully saturated rings. The Bertz CT molecular complexity index is 1350. The van der Waals surface area contributed by atoms with Gasteiger partial charge in [-0.05, 0) is 30.2 Å². The zero-order chi connectivity index (χ0) is 23.8. The van der Waals surface area contributed by atoms with Crippen LogP contribution in [0.25, 0.3) is 21.3 Å². The summed E-state index contributed by atoms with van der Waals surface area (Å²) in [4.78, 5) is 28.4. The average Bonchev–Trinajstić information content (AvgIpc) is 3.35. The summed E-state index contributed by atoms with van der Waals surface area (Å²) in [7, 11) is 0. The molecular formula is C22H18F3N5O2S. The first-order valence-corrected chi connectivity index (χ1v) is 10.6. The Morgan fingerprint density at radius 2 is 1.91 bits per heavy atom. The third kappa shape index (κ3) is 4.58. The molecule has 2 amide bonds. The van der Waals surface area contributed by atoms with E-state index in [-0.39, 0.29) is 32.8 Å². The van der Waals surface area contributed by atoms with Crippen molar-refractivity contribution in [2.24, 2.45) is 5.73 Å². The highest BCUT2D eigenvalue weighted by atomic mass is 32.1. The number of nitrogens with two attached hydrogens (primary N) is 1. The van der Waals surface area contributed by atoms with E-state index in [1.54, 1.807) is 47.3 Å². The number of carbonyl (C=O) groups is 2. The number of primary amides is 1. The zero-order valence-electron chi connectivity index (χ0n) is 17.3. The molecule has 0 atom stereocenters. The minimum atomic E-state index is -4.69. The Morgan fingerprint density at radius 1 is 1.18 bits per heavy atom. The van der Waals surface area contributed by atoms with Crippen molar-refractivity contribution in [3.63, 3.8) is 0 Å². The second kappa shape index (κ2) is 8.66. The molecule has 0 saturated carbocycles. The molecular weight excluding hydrogens is 455 g/mol. The maximum atomic E-state index is 13.5. The van der Waals surface area contributed by atoms with E-state index in [9.17, 15) is 22.8 Å².